The molecule has 1 atom stereocenters. The van der Waals surface area contributed by atoms with E-state index in [9.17, 15) is 0 Å². The summed E-state index contributed by atoms with van der Waals surface area (Å²) >= 11 is 0. The topological polar surface area (TPSA) is 15.3 Å². The van der Waals surface area contributed by atoms with E-state index in [0.29, 0.717) is 5.92 Å². The lowest BCUT2D eigenvalue weighted by Gasteiger charge is -2.16. The van der Waals surface area contributed by atoms with E-state index in [0.717, 1.165) is 13.1 Å². The zero-order valence-electron chi connectivity index (χ0n) is 9.17. The van der Waals surface area contributed by atoms with Crippen LogP contribution in [0.15, 0.2) is 18.2 Å². The molecule has 1 aliphatic heterocycles. The normalized spacial score (nSPS) is 19.6. The fraction of sp³-hybridized carbons (Fsp3) is 0.500. The quantitative estimate of drug-likeness (QED) is 0.768. The predicted molar refractivity (Wildman–Crippen MR) is 61.0 cm³/mol. The molecule has 2 rings (SSSR count). The maximum atomic E-state index is 3.46. The van der Waals surface area contributed by atoms with Gasteiger partial charge in [-0.25, -0.2) is 0 Å². The van der Waals surface area contributed by atoms with Gasteiger partial charge in [0.1, 0.15) is 0 Å². The van der Waals surface area contributed by atoms with E-state index in [-0.39, 0.29) is 0 Å². The van der Waals surface area contributed by atoms with Crippen molar-refractivity contribution >= 4 is 5.69 Å². The van der Waals surface area contributed by atoms with Gasteiger partial charge >= 0.3 is 0 Å². The lowest BCUT2D eigenvalue weighted by atomic mass is 9.99. The summed E-state index contributed by atoms with van der Waals surface area (Å²) < 4.78 is 0. The van der Waals surface area contributed by atoms with E-state index >= 15 is 0 Å². The highest BCUT2D eigenvalue weighted by atomic mass is 15.1. The SMILES string of the molecule is Cc1ccc2c(c1)C(CN(C)C)CN2. The first-order chi connectivity index (χ1) is 6.66. The number of fused-ring (bicyclic) bond motifs is 1. The molecule has 76 valence electrons. The summed E-state index contributed by atoms with van der Waals surface area (Å²) in [5, 5.41) is 3.46. The highest BCUT2D eigenvalue weighted by Crippen LogP contribution is 2.32. The minimum Gasteiger partial charge on any atom is -0.384 e. The first-order valence-corrected chi connectivity index (χ1v) is 5.16. The van der Waals surface area contributed by atoms with Gasteiger partial charge in [-0.3, -0.25) is 0 Å². The average Bonchev–Trinajstić information content (AvgIpc) is 2.47. The van der Waals surface area contributed by atoms with Crippen LogP contribution in [0.3, 0.4) is 0 Å². The van der Waals surface area contributed by atoms with E-state index in [1.807, 2.05) is 0 Å². The van der Waals surface area contributed by atoms with Crippen molar-refractivity contribution in [2.45, 2.75) is 12.8 Å². The van der Waals surface area contributed by atoms with Gasteiger partial charge in [0.15, 0.2) is 0 Å². The van der Waals surface area contributed by atoms with Crippen molar-refractivity contribution < 1.29 is 0 Å². The second-order valence-corrected chi connectivity index (χ2v) is 4.43. The zero-order chi connectivity index (χ0) is 10.1. The molecule has 0 aliphatic carbocycles. The van der Waals surface area contributed by atoms with Crippen LogP contribution in [0.2, 0.25) is 0 Å². The molecule has 0 amide bonds. The summed E-state index contributed by atoms with van der Waals surface area (Å²) in [5.41, 5.74) is 4.16. The Labute approximate surface area is 85.9 Å². The zero-order valence-corrected chi connectivity index (χ0v) is 9.17. The van der Waals surface area contributed by atoms with Crippen LogP contribution in [0.1, 0.15) is 17.0 Å². The molecule has 2 heteroatoms. The molecule has 1 heterocycles. The van der Waals surface area contributed by atoms with Crippen molar-refractivity contribution in [2.24, 2.45) is 0 Å². The van der Waals surface area contributed by atoms with E-state index in [4.69, 9.17) is 0 Å². The van der Waals surface area contributed by atoms with Gasteiger partial charge in [0.2, 0.25) is 0 Å². The summed E-state index contributed by atoms with van der Waals surface area (Å²) in [6, 6.07) is 6.67. The van der Waals surface area contributed by atoms with Crippen LogP contribution >= 0.6 is 0 Å². The number of rotatable bonds is 2. The monoisotopic (exact) mass is 190 g/mol. The third kappa shape index (κ3) is 1.75. The van der Waals surface area contributed by atoms with Gasteiger partial charge in [-0.15, -0.1) is 0 Å². The number of likely N-dealkylation sites (N-methyl/N-ethyl adjacent to an activating group) is 1. The van der Waals surface area contributed by atoms with Gasteiger partial charge in [-0.1, -0.05) is 17.7 Å². The minimum absolute atomic E-state index is 0.653. The number of aryl methyl sites for hydroxylation is 1. The molecule has 1 unspecified atom stereocenters. The van der Waals surface area contributed by atoms with Gasteiger partial charge < -0.3 is 10.2 Å². The van der Waals surface area contributed by atoms with Crippen molar-refractivity contribution in [2.75, 3.05) is 32.5 Å². The molecule has 0 saturated heterocycles. The van der Waals surface area contributed by atoms with E-state index in [1.165, 1.54) is 16.8 Å². The molecule has 0 aromatic heterocycles. The highest BCUT2D eigenvalue weighted by Gasteiger charge is 2.22. The van der Waals surface area contributed by atoms with Crippen LogP contribution in [0.4, 0.5) is 5.69 Å². The molecule has 0 bridgehead atoms. The number of hydrogen-bond donors (Lipinski definition) is 1. The first-order valence-electron chi connectivity index (χ1n) is 5.16. The summed E-state index contributed by atoms with van der Waals surface area (Å²) in [6.07, 6.45) is 0. The van der Waals surface area contributed by atoms with Crippen LogP contribution in [-0.2, 0) is 0 Å². The third-order valence-electron chi connectivity index (χ3n) is 2.77. The van der Waals surface area contributed by atoms with Gasteiger partial charge in [0.05, 0.1) is 0 Å². The average molecular weight is 190 g/mol. The molecule has 14 heavy (non-hydrogen) atoms. The van der Waals surface area contributed by atoms with Crippen molar-refractivity contribution in [3.8, 4) is 0 Å². The van der Waals surface area contributed by atoms with Crippen molar-refractivity contribution in [3.63, 3.8) is 0 Å². The number of benzene rings is 1. The van der Waals surface area contributed by atoms with E-state index in [2.05, 4.69) is 49.4 Å². The standard InChI is InChI=1S/C12H18N2/c1-9-4-5-12-11(6-9)10(7-13-12)8-14(2)3/h4-6,10,13H,7-8H2,1-3H3. The Kier molecular flexibility index (Phi) is 2.46. The van der Waals surface area contributed by atoms with Gasteiger partial charge in [0.25, 0.3) is 0 Å². The molecule has 1 N–H and O–H groups in total. The predicted octanol–water partition coefficient (Wildman–Crippen LogP) is 2.07. The van der Waals surface area contributed by atoms with Crippen LogP contribution in [0, 0.1) is 6.92 Å². The molecule has 1 aliphatic rings. The second kappa shape index (κ2) is 3.62. The van der Waals surface area contributed by atoms with Crippen molar-refractivity contribution in [1.29, 1.82) is 0 Å². The van der Waals surface area contributed by atoms with E-state index in [1.54, 1.807) is 0 Å². The Morgan fingerprint density at radius 3 is 2.93 bits per heavy atom. The van der Waals surface area contributed by atoms with Gasteiger partial charge in [-0.05, 0) is 32.6 Å². The molecular weight excluding hydrogens is 172 g/mol. The maximum absolute atomic E-state index is 3.46. The van der Waals surface area contributed by atoms with Crippen LogP contribution in [0.5, 0.6) is 0 Å². The van der Waals surface area contributed by atoms with Crippen LogP contribution < -0.4 is 5.32 Å². The van der Waals surface area contributed by atoms with E-state index < -0.39 is 0 Å². The Morgan fingerprint density at radius 1 is 1.43 bits per heavy atom. The molecule has 0 saturated carbocycles. The lowest BCUT2D eigenvalue weighted by molar-refractivity contribution is 0.383. The molecule has 1 aromatic carbocycles. The smallest absolute Gasteiger partial charge is 0.0377 e. The first kappa shape index (κ1) is 9.53. The Morgan fingerprint density at radius 2 is 2.21 bits per heavy atom. The van der Waals surface area contributed by atoms with Gasteiger partial charge in [-0.2, -0.15) is 0 Å². The van der Waals surface area contributed by atoms with Crippen molar-refractivity contribution in [1.82, 2.24) is 4.90 Å². The lowest BCUT2D eigenvalue weighted by Crippen LogP contribution is -2.21. The Bertz CT molecular complexity index is 331. The fourth-order valence-electron chi connectivity index (χ4n) is 2.13. The highest BCUT2D eigenvalue weighted by molar-refractivity contribution is 5.58. The molecule has 0 fully saturated rings. The number of hydrogen-bond acceptors (Lipinski definition) is 2. The molecule has 1 aromatic rings. The van der Waals surface area contributed by atoms with Crippen LogP contribution in [-0.4, -0.2) is 32.1 Å². The Hall–Kier alpha value is -1.02. The maximum Gasteiger partial charge on any atom is 0.0377 e. The number of nitrogens with one attached hydrogen (secondary N) is 1. The summed E-state index contributed by atoms with van der Waals surface area (Å²) in [4.78, 5) is 2.25. The number of anilines is 1. The van der Waals surface area contributed by atoms with Gasteiger partial charge in [0, 0.05) is 24.7 Å². The second-order valence-electron chi connectivity index (χ2n) is 4.43. The summed E-state index contributed by atoms with van der Waals surface area (Å²) in [7, 11) is 4.27. The summed E-state index contributed by atoms with van der Waals surface area (Å²) in [5.74, 6) is 0.653. The minimum atomic E-state index is 0.653. The molecule has 0 radical (unpaired) electrons. The van der Waals surface area contributed by atoms with Crippen molar-refractivity contribution in [3.05, 3.63) is 29.3 Å². The largest absolute Gasteiger partial charge is 0.384 e. The number of nitrogens with zero attached hydrogens (tertiary/aromatic N) is 1. The summed E-state index contributed by atoms with van der Waals surface area (Å²) in [6.45, 7) is 4.37. The molecule has 0 spiro atoms. The Balaban J connectivity index is 2.24. The molecule has 2 nitrogen and oxygen atoms in total. The third-order valence-corrected chi connectivity index (χ3v) is 2.77. The molecular formula is C12H18N2. The van der Waals surface area contributed by atoms with Crippen LogP contribution in [0.25, 0.3) is 0 Å². The fourth-order valence-corrected chi connectivity index (χ4v) is 2.13.